The number of amides is 2. The molecule has 1 aliphatic rings. The smallest absolute Gasteiger partial charge is 0.306 e. The molecule has 0 fully saturated rings. The topological polar surface area (TPSA) is 75.7 Å². The molecule has 0 unspecified atom stereocenters. The van der Waals surface area contributed by atoms with Gasteiger partial charge in [0.05, 0.1) is 20.0 Å². The van der Waals surface area contributed by atoms with E-state index in [-0.39, 0.29) is 24.7 Å². The van der Waals surface area contributed by atoms with E-state index in [0.717, 1.165) is 11.3 Å². The Morgan fingerprint density at radius 2 is 2.05 bits per heavy atom. The first-order chi connectivity index (χ1) is 10.1. The van der Waals surface area contributed by atoms with E-state index in [1.165, 1.54) is 7.11 Å². The van der Waals surface area contributed by atoms with Crippen molar-refractivity contribution < 1.29 is 19.1 Å². The number of carbonyl (C=O) groups excluding carboxylic acids is 3. The molecule has 112 valence electrons. The van der Waals surface area contributed by atoms with Crippen molar-refractivity contribution in [2.75, 3.05) is 25.1 Å². The molecule has 0 saturated carbocycles. The van der Waals surface area contributed by atoms with Gasteiger partial charge in [-0.2, -0.15) is 0 Å². The first kappa shape index (κ1) is 15.0. The first-order valence-corrected chi connectivity index (χ1v) is 6.83. The number of nitrogens with one attached hydrogen (secondary N) is 1. The number of methoxy groups -OCH3 is 1. The van der Waals surface area contributed by atoms with Crippen LogP contribution >= 0.6 is 0 Å². The molecule has 0 aromatic heterocycles. The van der Waals surface area contributed by atoms with Gasteiger partial charge >= 0.3 is 5.97 Å². The van der Waals surface area contributed by atoms with Crippen molar-refractivity contribution in [2.45, 2.75) is 19.3 Å². The van der Waals surface area contributed by atoms with E-state index in [4.69, 9.17) is 0 Å². The molecule has 6 nitrogen and oxygen atoms in total. The average Bonchev–Trinajstić information content (AvgIpc) is 2.81. The molecule has 0 spiro atoms. The Bertz CT molecular complexity index is 556. The summed E-state index contributed by atoms with van der Waals surface area (Å²) in [5, 5.41) is 2.70. The van der Waals surface area contributed by atoms with Gasteiger partial charge in [0, 0.05) is 25.2 Å². The predicted molar refractivity (Wildman–Crippen MR) is 76.8 cm³/mol. The largest absolute Gasteiger partial charge is 0.469 e. The molecule has 2 amide bonds. The highest BCUT2D eigenvalue weighted by Gasteiger charge is 2.26. The monoisotopic (exact) mass is 290 g/mol. The van der Waals surface area contributed by atoms with Crippen molar-refractivity contribution in [2.24, 2.45) is 0 Å². The molecule has 1 N–H and O–H groups in total. The van der Waals surface area contributed by atoms with Gasteiger partial charge in [-0.3, -0.25) is 14.4 Å². The van der Waals surface area contributed by atoms with E-state index in [9.17, 15) is 14.4 Å². The number of anilines is 1. The molecular weight excluding hydrogens is 272 g/mol. The summed E-state index contributed by atoms with van der Waals surface area (Å²) in [6, 6.07) is 7.63. The number of nitrogens with zero attached hydrogens (tertiary/aromatic N) is 1. The quantitative estimate of drug-likeness (QED) is 0.780. The zero-order valence-corrected chi connectivity index (χ0v) is 11.9. The van der Waals surface area contributed by atoms with Gasteiger partial charge in [0.25, 0.3) is 0 Å². The minimum Gasteiger partial charge on any atom is -0.469 e. The second kappa shape index (κ2) is 6.88. The van der Waals surface area contributed by atoms with E-state index in [1.54, 1.807) is 4.90 Å². The van der Waals surface area contributed by atoms with Crippen LogP contribution in [0.4, 0.5) is 5.69 Å². The van der Waals surface area contributed by atoms with Crippen LogP contribution in [-0.2, 0) is 25.5 Å². The SMILES string of the molecule is COC(=O)CCC(=O)NCCN1C(=O)Cc2ccccc21. The average molecular weight is 290 g/mol. The van der Waals surface area contributed by atoms with Gasteiger partial charge in [0.1, 0.15) is 0 Å². The second-order valence-electron chi connectivity index (χ2n) is 4.78. The molecular formula is C15H18N2O4. The van der Waals surface area contributed by atoms with Gasteiger partial charge < -0.3 is 15.0 Å². The van der Waals surface area contributed by atoms with Crippen molar-refractivity contribution in [3.63, 3.8) is 0 Å². The van der Waals surface area contributed by atoms with Crippen molar-refractivity contribution in [3.05, 3.63) is 29.8 Å². The maximum absolute atomic E-state index is 11.9. The molecule has 0 radical (unpaired) electrons. The van der Waals surface area contributed by atoms with Crippen LogP contribution in [0.15, 0.2) is 24.3 Å². The maximum atomic E-state index is 11.9. The fourth-order valence-electron chi connectivity index (χ4n) is 2.27. The second-order valence-corrected chi connectivity index (χ2v) is 4.78. The van der Waals surface area contributed by atoms with Crippen molar-refractivity contribution in [3.8, 4) is 0 Å². The summed E-state index contributed by atoms with van der Waals surface area (Å²) in [6.45, 7) is 0.792. The van der Waals surface area contributed by atoms with Gasteiger partial charge in [0.15, 0.2) is 0 Å². The summed E-state index contributed by atoms with van der Waals surface area (Å²) in [6.07, 6.45) is 0.567. The molecule has 6 heteroatoms. The Morgan fingerprint density at radius 3 is 2.81 bits per heavy atom. The zero-order valence-electron chi connectivity index (χ0n) is 11.9. The van der Waals surface area contributed by atoms with Gasteiger partial charge in [-0.05, 0) is 11.6 Å². The van der Waals surface area contributed by atoms with Crippen LogP contribution in [0.25, 0.3) is 0 Å². The summed E-state index contributed by atoms with van der Waals surface area (Å²) < 4.78 is 4.47. The molecule has 2 rings (SSSR count). The summed E-state index contributed by atoms with van der Waals surface area (Å²) in [4.78, 5) is 36.1. The molecule has 1 aromatic carbocycles. The molecule has 0 saturated heterocycles. The highest BCUT2D eigenvalue weighted by atomic mass is 16.5. The van der Waals surface area contributed by atoms with E-state index in [0.29, 0.717) is 19.5 Å². The fourth-order valence-corrected chi connectivity index (χ4v) is 2.27. The van der Waals surface area contributed by atoms with E-state index < -0.39 is 5.97 Å². The highest BCUT2D eigenvalue weighted by Crippen LogP contribution is 2.27. The number of para-hydroxylation sites is 1. The van der Waals surface area contributed by atoms with Crippen LogP contribution in [0.1, 0.15) is 18.4 Å². The normalized spacial score (nSPS) is 13.0. The molecule has 1 aliphatic heterocycles. The number of hydrogen-bond donors (Lipinski definition) is 1. The summed E-state index contributed by atoms with van der Waals surface area (Å²) in [7, 11) is 1.29. The Labute approximate surface area is 123 Å². The third-order valence-electron chi connectivity index (χ3n) is 3.37. The van der Waals surface area contributed by atoms with Crippen LogP contribution in [0.5, 0.6) is 0 Å². The number of carbonyl (C=O) groups is 3. The minimum absolute atomic E-state index is 0.0417. The van der Waals surface area contributed by atoms with Gasteiger partial charge in [-0.25, -0.2) is 0 Å². The van der Waals surface area contributed by atoms with Crippen LogP contribution in [0.3, 0.4) is 0 Å². The summed E-state index contributed by atoms with van der Waals surface area (Å²) in [5.41, 5.74) is 1.92. The van der Waals surface area contributed by atoms with Gasteiger partial charge in [0.2, 0.25) is 11.8 Å². The third-order valence-corrected chi connectivity index (χ3v) is 3.37. The molecule has 0 bridgehead atoms. The van der Waals surface area contributed by atoms with Gasteiger partial charge in [-0.15, -0.1) is 0 Å². The number of fused-ring (bicyclic) bond motifs is 1. The van der Waals surface area contributed by atoms with Crippen molar-refractivity contribution in [1.82, 2.24) is 5.32 Å². The lowest BCUT2D eigenvalue weighted by Crippen LogP contribution is -2.36. The molecule has 0 atom stereocenters. The van der Waals surface area contributed by atoms with Crippen molar-refractivity contribution in [1.29, 1.82) is 0 Å². The maximum Gasteiger partial charge on any atom is 0.306 e. The van der Waals surface area contributed by atoms with E-state index >= 15 is 0 Å². The Hall–Kier alpha value is -2.37. The number of esters is 1. The molecule has 21 heavy (non-hydrogen) atoms. The highest BCUT2D eigenvalue weighted by molar-refractivity contribution is 6.01. The van der Waals surface area contributed by atoms with Crippen LogP contribution in [-0.4, -0.2) is 38.0 Å². The standard InChI is InChI=1S/C15H18N2O4/c1-21-15(20)7-6-13(18)16-8-9-17-12-5-3-2-4-11(12)10-14(17)19/h2-5H,6-10H2,1H3,(H,16,18). The number of rotatable bonds is 6. The van der Waals surface area contributed by atoms with E-state index in [2.05, 4.69) is 10.1 Å². The van der Waals surface area contributed by atoms with Crippen LogP contribution in [0, 0.1) is 0 Å². The number of hydrogen-bond acceptors (Lipinski definition) is 4. The Balaban J connectivity index is 1.78. The lowest BCUT2D eigenvalue weighted by molar-refractivity contribution is -0.142. The lowest BCUT2D eigenvalue weighted by atomic mass is 10.2. The first-order valence-electron chi connectivity index (χ1n) is 6.83. The fraction of sp³-hybridized carbons (Fsp3) is 0.400. The zero-order chi connectivity index (χ0) is 15.2. The third kappa shape index (κ3) is 3.81. The van der Waals surface area contributed by atoms with Crippen LogP contribution in [0.2, 0.25) is 0 Å². The lowest BCUT2D eigenvalue weighted by Gasteiger charge is -2.17. The van der Waals surface area contributed by atoms with Crippen molar-refractivity contribution >= 4 is 23.5 Å². The Morgan fingerprint density at radius 1 is 1.29 bits per heavy atom. The molecule has 1 aromatic rings. The Kier molecular flexibility index (Phi) is 4.92. The van der Waals surface area contributed by atoms with E-state index in [1.807, 2.05) is 24.3 Å². The van der Waals surface area contributed by atoms with Gasteiger partial charge in [-0.1, -0.05) is 18.2 Å². The van der Waals surface area contributed by atoms with Crippen LogP contribution < -0.4 is 10.2 Å². The minimum atomic E-state index is -0.409. The molecule has 0 aliphatic carbocycles. The number of ether oxygens (including phenoxy) is 1. The summed E-state index contributed by atoms with van der Waals surface area (Å²) >= 11 is 0. The summed E-state index contributed by atoms with van der Waals surface area (Å²) in [5.74, 6) is -0.589. The number of benzene rings is 1. The predicted octanol–water partition coefficient (Wildman–Crippen LogP) is 0.645. The molecule has 1 heterocycles.